The van der Waals surface area contributed by atoms with Crippen LogP contribution in [0.15, 0.2) is 47.1 Å². The number of aliphatic hydroxyl groups is 1. The summed E-state index contributed by atoms with van der Waals surface area (Å²) in [5, 5.41) is 16.6. The van der Waals surface area contributed by atoms with Crippen LogP contribution >= 0.6 is 0 Å². The number of nitrogens with one attached hydrogen (secondary N) is 2. The fourth-order valence-corrected chi connectivity index (χ4v) is 8.01. The Balaban J connectivity index is 1.54. The summed E-state index contributed by atoms with van der Waals surface area (Å²) in [5.41, 5.74) is -0.557. The number of rotatable bonds is 4. The lowest BCUT2D eigenvalue weighted by Crippen LogP contribution is -2.65. The number of amides is 2. The van der Waals surface area contributed by atoms with Crippen molar-refractivity contribution in [2.45, 2.75) is 82.4 Å². The van der Waals surface area contributed by atoms with Crippen LogP contribution in [0.2, 0.25) is 0 Å². The van der Waals surface area contributed by atoms with Gasteiger partial charge in [-0.05, 0) is 92.2 Å². The van der Waals surface area contributed by atoms with E-state index in [1.165, 1.54) is 6.92 Å². The van der Waals surface area contributed by atoms with Crippen molar-refractivity contribution in [2.75, 3.05) is 13.1 Å². The van der Waals surface area contributed by atoms with E-state index in [2.05, 4.69) is 22.5 Å². The van der Waals surface area contributed by atoms with Crippen LogP contribution in [0.3, 0.4) is 0 Å². The lowest BCUT2D eigenvalue weighted by atomic mass is 9.50. The Morgan fingerprint density at radius 3 is 2.45 bits per heavy atom. The van der Waals surface area contributed by atoms with Gasteiger partial charge in [-0.2, -0.15) is 22.0 Å². The maximum atomic E-state index is 15.1. The van der Waals surface area contributed by atoms with Gasteiger partial charge >= 0.3 is 18.1 Å². The van der Waals surface area contributed by atoms with E-state index in [-0.39, 0.29) is 37.1 Å². The fraction of sp³-hybridized carbons (Fsp3) is 0.562. The van der Waals surface area contributed by atoms with E-state index in [4.69, 9.17) is 0 Å². The third kappa shape index (κ3) is 4.83. The highest BCUT2D eigenvalue weighted by molar-refractivity contribution is 5.93. The SMILES string of the molecule is CCNC(=O)NCC#Cc1ccc([C@H]2C[C@@]3(C)C(CC[C@@]3(O)C(F)(F)C(F)(F)F)C3CCC4=CC(=O)CCC4=C32)cc1. The van der Waals surface area contributed by atoms with Gasteiger partial charge < -0.3 is 15.7 Å². The first-order chi connectivity index (χ1) is 19.7. The maximum Gasteiger partial charge on any atom is 0.456 e. The van der Waals surface area contributed by atoms with Gasteiger partial charge in [0.2, 0.25) is 0 Å². The lowest BCUT2D eigenvalue weighted by Gasteiger charge is -2.56. The van der Waals surface area contributed by atoms with Gasteiger partial charge in [-0.1, -0.05) is 36.5 Å². The molecule has 2 amide bonds. The van der Waals surface area contributed by atoms with E-state index in [0.29, 0.717) is 37.8 Å². The van der Waals surface area contributed by atoms with Crippen molar-refractivity contribution in [3.8, 4) is 11.8 Å². The minimum atomic E-state index is -5.88. The fourth-order valence-electron chi connectivity index (χ4n) is 8.01. The van der Waals surface area contributed by atoms with Gasteiger partial charge in [0.15, 0.2) is 5.78 Å². The topological polar surface area (TPSA) is 78.4 Å². The molecule has 4 aliphatic carbocycles. The summed E-state index contributed by atoms with van der Waals surface area (Å²) >= 11 is 0. The number of carbonyl (C=O) groups is 2. The first-order valence-electron chi connectivity index (χ1n) is 14.5. The number of allylic oxidation sites excluding steroid dienone is 4. The molecule has 0 heterocycles. The molecule has 0 radical (unpaired) electrons. The molecular formula is C32H35F5N2O3. The van der Waals surface area contributed by atoms with Crippen LogP contribution in [0, 0.1) is 29.1 Å². The van der Waals surface area contributed by atoms with Crippen LogP contribution in [0.25, 0.3) is 0 Å². The quantitative estimate of drug-likeness (QED) is 0.289. The van der Waals surface area contributed by atoms with Gasteiger partial charge in [0.1, 0.15) is 5.60 Å². The number of carbonyl (C=O) groups excluding carboxylic acids is 2. The zero-order valence-corrected chi connectivity index (χ0v) is 23.6. The monoisotopic (exact) mass is 590 g/mol. The van der Waals surface area contributed by atoms with Crippen LogP contribution in [-0.4, -0.2) is 47.7 Å². The molecule has 42 heavy (non-hydrogen) atoms. The highest BCUT2D eigenvalue weighted by Gasteiger charge is 2.79. The molecule has 10 heteroatoms. The Labute approximate surface area is 242 Å². The molecule has 2 fully saturated rings. The van der Waals surface area contributed by atoms with Gasteiger partial charge in [0, 0.05) is 29.9 Å². The summed E-state index contributed by atoms with van der Waals surface area (Å²) in [6.45, 7) is 3.83. The van der Waals surface area contributed by atoms with Gasteiger partial charge in [-0.15, -0.1) is 0 Å². The number of halogens is 5. The van der Waals surface area contributed by atoms with Crippen LogP contribution in [0.1, 0.15) is 75.8 Å². The summed E-state index contributed by atoms with van der Waals surface area (Å²) in [6.07, 6.45) is -2.92. The number of hydrogen-bond acceptors (Lipinski definition) is 3. The Bertz CT molecular complexity index is 1390. The van der Waals surface area contributed by atoms with Crippen molar-refractivity contribution in [3.63, 3.8) is 0 Å². The molecule has 0 aromatic heterocycles. The number of ketones is 1. The van der Waals surface area contributed by atoms with Gasteiger partial charge in [0.25, 0.3) is 0 Å². The van der Waals surface area contributed by atoms with Crippen LogP contribution < -0.4 is 10.6 Å². The average molecular weight is 591 g/mol. The first kappa shape index (κ1) is 30.3. The molecule has 5 rings (SSSR count). The molecule has 4 aliphatic rings. The van der Waals surface area contributed by atoms with Crippen molar-refractivity contribution in [1.82, 2.24) is 10.6 Å². The predicted octanol–water partition coefficient (Wildman–Crippen LogP) is 6.19. The second kappa shape index (κ2) is 10.8. The number of alkyl halides is 5. The van der Waals surface area contributed by atoms with E-state index in [1.807, 2.05) is 12.1 Å². The number of urea groups is 1. The lowest BCUT2D eigenvalue weighted by molar-refractivity contribution is -0.362. The summed E-state index contributed by atoms with van der Waals surface area (Å²) in [4.78, 5) is 23.7. The van der Waals surface area contributed by atoms with Crippen LogP contribution in [0.4, 0.5) is 26.7 Å². The number of fused-ring (bicyclic) bond motifs is 4. The molecule has 0 bridgehead atoms. The second-order valence-electron chi connectivity index (χ2n) is 12.1. The summed E-state index contributed by atoms with van der Waals surface area (Å²) in [7, 11) is 0. The average Bonchev–Trinajstić information content (AvgIpc) is 3.21. The molecule has 5 nitrogen and oxygen atoms in total. The second-order valence-corrected chi connectivity index (χ2v) is 12.1. The minimum absolute atomic E-state index is 0.0367. The zero-order valence-electron chi connectivity index (χ0n) is 23.6. The summed E-state index contributed by atoms with van der Waals surface area (Å²) in [6, 6.07) is 6.81. The first-order valence-corrected chi connectivity index (χ1v) is 14.5. The van der Waals surface area contributed by atoms with Crippen molar-refractivity contribution in [1.29, 1.82) is 0 Å². The third-order valence-corrected chi connectivity index (χ3v) is 9.98. The molecule has 226 valence electrons. The van der Waals surface area contributed by atoms with Crippen LogP contribution in [0.5, 0.6) is 0 Å². The van der Waals surface area contributed by atoms with Gasteiger partial charge in [-0.3, -0.25) is 4.79 Å². The normalized spacial score (nSPS) is 30.8. The Morgan fingerprint density at radius 1 is 1.07 bits per heavy atom. The Morgan fingerprint density at radius 2 is 1.79 bits per heavy atom. The van der Waals surface area contributed by atoms with E-state index < -0.39 is 41.4 Å². The van der Waals surface area contributed by atoms with Crippen molar-refractivity contribution >= 4 is 11.8 Å². The molecule has 0 aliphatic heterocycles. The molecule has 5 atom stereocenters. The van der Waals surface area contributed by atoms with E-state index in [9.17, 15) is 27.9 Å². The maximum absolute atomic E-state index is 15.1. The standard InChI is InChI=1S/C32H35F5N2O3/c1-3-38-28(41)39-16-4-5-19-6-8-20(9-7-19)25-18-29(2)26(14-15-30(29,42)31(33,34)32(35,36)37)24-12-10-21-17-22(40)11-13-23(21)27(24)25/h6-9,17,24-26,42H,3,10-16,18H2,1-2H3,(H2,38,39,41)/t24?,25-,26?,29+,30+/m1/s1. The van der Waals surface area contributed by atoms with E-state index in [0.717, 1.165) is 22.3 Å². The Kier molecular flexibility index (Phi) is 7.80. The molecule has 2 saturated carbocycles. The van der Waals surface area contributed by atoms with Gasteiger partial charge in [-0.25, -0.2) is 4.79 Å². The predicted molar refractivity (Wildman–Crippen MR) is 147 cm³/mol. The molecule has 1 aromatic rings. The largest absolute Gasteiger partial charge is 0.456 e. The molecule has 2 unspecified atom stereocenters. The molecule has 1 aromatic carbocycles. The smallest absolute Gasteiger partial charge is 0.383 e. The van der Waals surface area contributed by atoms with Crippen molar-refractivity contribution in [3.05, 3.63) is 58.2 Å². The molecule has 3 N–H and O–H groups in total. The number of hydrogen-bond donors (Lipinski definition) is 3. The summed E-state index contributed by atoms with van der Waals surface area (Å²) in [5.74, 6) is -0.730. The van der Waals surface area contributed by atoms with Crippen LogP contribution in [-0.2, 0) is 4.79 Å². The zero-order chi connectivity index (χ0) is 30.5. The van der Waals surface area contributed by atoms with Crippen molar-refractivity contribution < 1.29 is 36.6 Å². The minimum Gasteiger partial charge on any atom is -0.383 e. The number of benzene rings is 1. The van der Waals surface area contributed by atoms with Gasteiger partial charge in [0.05, 0.1) is 6.54 Å². The van der Waals surface area contributed by atoms with E-state index >= 15 is 8.78 Å². The molecular weight excluding hydrogens is 555 g/mol. The third-order valence-electron chi connectivity index (χ3n) is 9.98. The highest BCUT2D eigenvalue weighted by Crippen LogP contribution is 2.70. The highest BCUT2D eigenvalue weighted by atomic mass is 19.4. The Hall–Kier alpha value is -3.19. The molecule has 0 spiro atoms. The van der Waals surface area contributed by atoms with E-state index in [1.54, 1.807) is 25.1 Å². The summed E-state index contributed by atoms with van der Waals surface area (Å²) < 4.78 is 71.4. The molecule has 0 saturated heterocycles. The van der Waals surface area contributed by atoms with Crippen molar-refractivity contribution in [2.24, 2.45) is 17.3 Å².